The fourth-order valence-corrected chi connectivity index (χ4v) is 6.30. The highest BCUT2D eigenvalue weighted by Crippen LogP contribution is 2.37. The third-order valence-corrected chi connectivity index (χ3v) is 8.48. The Kier molecular flexibility index (Phi) is 5.74. The van der Waals surface area contributed by atoms with Gasteiger partial charge >= 0.3 is 0 Å². The molecule has 2 fully saturated rings. The summed E-state index contributed by atoms with van der Waals surface area (Å²) < 4.78 is 32.7. The van der Waals surface area contributed by atoms with E-state index in [2.05, 4.69) is 10.1 Å². The van der Waals surface area contributed by atoms with Gasteiger partial charge in [-0.1, -0.05) is 11.6 Å². The van der Waals surface area contributed by atoms with Crippen molar-refractivity contribution in [3.8, 4) is 0 Å². The van der Waals surface area contributed by atoms with Crippen LogP contribution in [0.1, 0.15) is 55.1 Å². The van der Waals surface area contributed by atoms with E-state index in [-0.39, 0.29) is 12.4 Å². The maximum absolute atomic E-state index is 12.7. The maximum Gasteiger partial charge on any atom is 0.252 e. The van der Waals surface area contributed by atoms with Gasteiger partial charge in [0, 0.05) is 18.0 Å². The second-order valence-electron chi connectivity index (χ2n) is 6.88. The number of thiophene rings is 1. The summed E-state index contributed by atoms with van der Waals surface area (Å²) in [5.74, 6) is 1.04. The molecule has 0 unspecified atom stereocenters. The van der Waals surface area contributed by atoms with E-state index >= 15 is 0 Å². The summed E-state index contributed by atoms with van der Waals surface area (Å²) >= 11 is 1.28. The SMILES string of the molecule is Cl.NC1(c2noc(Cc3ccc(S(=O)(=O)N4CCCCC4)s3)n2)CCC1. The monoisotopic (exact) mass is 418 g/mol. The zero-order valence-corrected chi connectivity index (χ0v) is 16.8. The van der Waals surface area contributed by atoms with Crippen molar-refractivity contribution < 1.29 is 12.9 Å². The largest absolute Gasteiger partial charge is 0.339 e. The van der Waals surface area contributed by atoms with Gasteiger partial charge in [-0.25, -0.2) is 8.42 Å². The quantitative estimate of drug-likeness (QED) is 0.800. The van der Waals surface area contributed by atoms with E-state index in [1.165, 1.54) is 11.3 Å². The molecule has 3 heterocycles. The fraction of sp³-hybridized carbons (Fsp3) is 0.625. The molecule has 1 aliphatic heterocycles. The molecule has 0 spiro atoms. The number of nitrogens with two attached hydrogens (primary N) is 1. The van der Waals surface area contributed by atoms with Crippen molar-refractivity contribution in [2.45, 2.75) is 54.7 Å². The van der Waals surface area contributed by atoms with Gasteiger partial charge in [0.15, 0.2) is 5.82 Å². The molecule has 1 saturated carbocycles. The molecule has 0 bridgehead atoms. The number of piperidine rings is 1. The highest BCUT2D eigenvalue weighted by molar-refractivity contribution is 7.91. The normalized spacial score (nSPS) is 20.3. The Morgan fingerprint density at radius 2 is 1.92 bits per heavy atom. The minimum atomic E-state index is -3.38. The van der Waals surface area contributed by atoms with Crippen molar-refractivity contribution in [3.63, 3.8) is 0 Å². The van der Waals surface area contributed by atoms with Gasteiger partial charge in [0.2, 0.25) is 5.89 Å². The molecule has 2 aromatic rings. The first kappa shape index (κ1) is 19.8. The summed E-state index contributed by atoms with van der Waals surface area (Å²) in [7, 11) is -3.38. The smallest absolute Gasteiger partial charge is 0.252 e. The lowest BCUT2D eigenvalue weighted by molar-refractivity contribution is 0.229. The van der Waals surface area contributed by atoms with E-state index < -0.39 is 15.6 Å². The van der Waals surface area contributed by atoms with Crippen molar-refractivity contribution in [2.24, 2.45) is 5.73 Å². The number of nitrogens with zero attached hydrogens (tertiary/aromatic N) is 3. The summed E-state index contributed by atoms with van der Waals surface area (Å²) in [6.45, 7) is 1.22. The first-order valence-corrected chi connectivity index (χ1v) is 10.9. The molecule has 144 valence electrons. The molecule has 2 aromatic heterocycles. The molecule has 0 radical (unpaired) electrons. The number of hydrogen-bond acceptors (Lipinski definition) is 7. The predicted octanol–water partition coefficient (Wildman–Crippen LogP) is 2.66. The zero-order chi connectivity index (χ0) is 17.5. The van der Waals surface area contributed by atoms with E-state index in [0.29, 0.717) is 35.4 Å². The van der Waals surface area contributed by atoms with E-state index in [0.717, 1.165) is 43.4 Å². The van der Waals surface area contributed by atoms with Crippen molar-refractivity contribution in [1.82, 2.24) is 14.4 Å². The van der Waals surface area contributed by atoms with Crippen molar-refractivity contribution in [1.29, 1.82) is 0 Å². The van der Waals surface area contributed by atoms with Gasteiger partial charge < -0.3 is 10.3 Å². The minimum absolute atomic E-state index is 0. The molecular weight excluding hydrogens is 396 g/mol. The summed E-state index contributed by atoms with van der Waals surface area (Å²) in [4.78, 5) is 5.30. The Morgan fingerprint density at radius 1 is 1.19 bits per heavy atom. The Hall–Kier alpha value is -1.00. The van der Waals surface area contributed by atoms with Crippen LogP contribution in [0.3, 0.4) is 0 Å². The van der Waals surface area contributed by atoms with E-state index in [1.807, 2.05) is 6.07 Å². The lowest BCUT2D eigenvalue weighted by Crippen LogP contribution is -2.44. The molecule has 4 rings (SSSR count). The third-order valence-electron chi connectivity index (χ3n) is 5.03. The molecule has 26 heavy (non-hydrogen) atoms. The van der Waals surface area contributed by atoms with Gasteiger partial charge in [-0.05, 0) is 44.2 Å². The minimum Gasteiger partial charge on any atom is -0.339 e. The van der Waals surface area contributed by atoms with E-state index in [9.17, 15) is 8.42 Å². The molecule has 0 amide bonds. The number of halogens is 1. The van der Waals surface area contributed by atoms with Crippen LogP contribution < -0.4 is 5.73 Å². The number of rotatable bonds is 5. The Labute approximate surface area is 163 Å². The second-order valence-corrected chi connectivity index (χ2v) is 10.2. The molecular formula is C16H23ClN4O3S2. The van der Waals surface area contributed by atoms with Gasteiger partial charge in [-0.15, -0.1) is 23.7 Å². The van der Waals surface area contributed by atoms with Gasteiger partial charge in [-0.2, -0.15) is 9.29 Å². The van der Waals surface area contributed by atoms with Crippen molar-refractivity contribution >= 4 is 33.8 Å². The standard InChI is InChI=1S/C16H22N4O3S2.ClH/c17-16(7-4-8-16)15-18-13(23-19-15)11-12-5-6-14(24-12)25(21,22)20-9-2-1-3-10-20;/h5-6H,1-4,7-11,17H2;1H. The van der Waals surface area contributed by atoms with Gasteiger partial charge in [0.25, 0.3) is 10.0 Å². The molecule has 0 atom stereocenters. The topological polar surface area (TPSA) is 102 Å². The highest BCUT2D eigenvalue weighted by Gasteiger charge is 2.39. The Morgan fingerprint density at radius 3 is 2.58 bits per heavy atom. The maximum atomic E-state index is 12.7. The first-order chi connectivity index (χ1) is 12.0. The van der Waals surface area contributed by atoms with Crippen molar-refractivity contribution in [2.75, 3.05) is 13.1 Å². The Bertz CT molecular complexity index is 854. The predicted molar refractivity (Wildman–Crippen MR) is 101 cm³/mol. The Balaban J connectivity index is 0.00000196. The average Bonchev–Trinajstić information content (AvgIpc) is 3.24. The summed E-state index contributed by atoms with van der Waals surface area (Å²) in [6.07, 6.45) is 6.24. The van der Waals surface area contributed by atoms with Gasteiger partial charge in [0.1, 0.15) is 4.21 Å². The first-order valence-electron chi connectivity index (χ1n) is 8.68. The lowest BCUT2D eigenvalue weighted by Gasteiger charge is -2.34. The molecule has 2 N–H and O–H groups in total. The van der Waals surface area contributed by atoms with Crippen LogP contribution in [0.15, 0.2) is 20.9 Å². The lowest BCUT2D eigenvalue weighted by atomic mass is 9.77. The van der Waals surface area contributed by atoms with Crippen LogP contribution in [-0.2, 0) is 22.0 Å². The van der Waals surface area contributed by atoms with Crippen LogP contribution in [-0.4, -0.2) is 36.0 Å². The highest BCUT2D eigenvalue weighted by atomic mass is 35.5. The van der Waals surface area contributed by atoms with Crippen LogP contribution in [0, 0.1) is 0 Å². The molecule has 10 heteroatoms. The number of aromatic nitrogens is 2. The van der Waals surface area contributed by atoms with E-state index in [4.69, 9.17) is 10.3 Å². The molecule has 1 saturated heterocycles. The molecule has 2 aliphatic rings. The summed E-state index contributed by atoms with van der Waals surface area (Å²) in [5, 5.41) is 4.00. The summed E-state index contributed by atoms with van der Waals surface area (Å²) in [5.41, 5.74) is 5.76. The van der Waals surface area contributed by atoms with E-state index in [1.54, 1.807) is 10.4 Å². The molecule has 1 aliphatic carbocycles. The average molecular weight is 419 g/mol. The number of sulfonamides is 1. The number of hydrogen-bond donors (Lipinski definition) is 1. The van der Waals surface area contributed by atoms with Crippen LogP contribution >= 0.6 is 23.7 Å². The van der Waals surface area contributed by atoms with Gasteiger partial charge in [0.05, 0.1) is 12.0 Å². The van der Waals surface area contributed by atoms with Crippen LogP contribution in [0.25, 0.3) is 0 Å². The zero-order valence-electron chi connectivity index (χ0n) is 14.4. The summed E-state index contributed by atoms with van der Waals surface area (Å²) in [6, 6.07) is 3.50. The third kappa shape index (κ3) is 3.68. The van der Waals surface area contributed by atoms with Crippen LogP contribution in [0.5, 0.6) is 0 Å². The fourth-order valence-electron chi connectivity index (χ4n) is 3.28. The van der Waals surface area contributed by atoms with Crippen molar-refractivity contribution in [3.05, 3.63) is 28.7 Å². The molecule has 7 nitrogen and oxygen atoms in total. The van der Waals surface area contributed by atoms with Crippen LogP contribution in [0.4, 0.5) is 0 Å². The second kappa shape index (κ2) is 7.55. The van der Waals surface area contributed by atoms with Gasteiger partial charge in [-0.3, -0.25) is 0 Å². The van der Waals surface area contributed by atoms with Crippen LogP contribution in [0.2, 0.25) is 0 Å². The molecule has 0 aromatic carbocycles.